The highest BCUT2D eigenvalue weighted by molar-refractivity contribution is 4.93. The number of nitrogens with zero attached hydrogens (tertiary/aromatic N) is 1. The molecule has 1 rings (SSSR count). The summed E-state index contributed by atoms with van der Waals surface area (Å²) in [7, 11) is 1.83. The third-order valence-electron chi connectivity index (χ3n) is 0.711. The van der Waals surface area contributed by atoms with E-state index in [1.54, 1.807) is 11.3 Å². The van der Waals surface area contributed by atoms with Crippen molar-refractivity contribution in [2.45, 2.75) is 0 Å². The van der Waals surface area contributed by atoms with Gasteiger partial charge in [-0.3, -0.25) is 5.43 Å². The zero-order valence-electron chi connectivity index (χ0n) is 4.10. The molecule has 1 aliphatic rings. The fourth-order valence-electron chi connectivity index (χ4n) is 0.425. The van der Waals surface area contributed by atoms with E-state index in [1.165, 1.54) is 0 Å². The minimum Gasteiger partial charge on any atom is -0.383 e. The zero-order valence-corrected chi connectivity index (χ0v) is 4.10. The van der Waals surface area contributed by atoms with Crippen LogP contribution in [0, 0.1) is 0 Å². The van der Waals surface area contributed by atoms with Crippen LogP contribution in [-0.2, 0) is 0 Å². The summed E-state index contributed by atoms with van der Waals surface area (Å²) in [5, 5.41) is 1.66. The lowest BCUT2D eigenvalue weighted by molar-refractivity contribution is 0.240. The first-order valence-electron chi connectivity index (χ1n) is 2.01. The van der Waals surface area contributed by atoms with Crippen molar-refractivity contribution >= 4 is 0 Å². The highest BCUT2D eigenvalue weighted by atomic mass is 15.7. The molecule has 0 aromatic carbocycles. The zero-order chi connectivity index (χ0) is 5.28. The fraction of sp³-hybridized carbons (Fsp3) is 0.333. The van der Waals surface area contributed by atoms with Gasteiger partial charge < -0.3 is 11.2 Å². The molecule has 40 valence electrons. The van der Waals surface area contributed by atoms with E-state index in [2.05, 4.69) is 10.9 Å². The maximum absolute atomic E-state index is 5.27. The van der Waals surface area contributed by atoms with Gasteiger partial charge in [0.05, 0.1) is 6.20 Å². The molecular weight excluding hydrogens is 92.1 g/mol. The minimum atomic E-state index is 0.641. The topological polar surface area (TPSA) is 53.3 Å². The van der Waals surface area contributed by atoms with Crippen molar-refractivity contribution in [1.82, 2.24) is 16.0 Å². The van der Waals surface area contributed by atoms with E-state index in [9.17, 15) is 0 Å². The lowest BCUT2D eigenvalue weighted by atomic mass is 10.8. The molecule has 0 aromatic rings. The van der Waals surface area contributed by atoms with Gasteiger partial charge in [-0.2, -0.15) is 0 Å². The van der Waals surface area contributed by atoms with Crippen molar-refractivity contribution in [1.29, 1.82) is 0 Å². The molecule has 0 saturated carbocycles. The quantitative estimate of drug-likeness (QED) is 0.354. The first kappa shape index (κ1) is 4.26. The van der Waals surface area contributed by atoms with E-state index in [-0.39, 0.29) is 0 Å². The van der Waals surface area contributed by atoms with E-state index >= 15 is 0 Å². The van der Waals surface area contributed by atoms with Crippen LogP contribution >= 0.6 is 0 Å². The summed E-state index contributed by atoms with van der Waals surface area (Å²) >= 11 is 0. The predicted molar refractivity (Wildman–Crippen MR) is 26.3 cm³/mol. The molecule has 0 fully saturated rings. The van der Waals surface area contributed by atoms with Gasteiger partial charge in [-0.05, 0) is 0 Å². The summed E-state index contributed by atoms with van der Waals surface area (Å²) in [6, 6.07) is 0. The van der Waals surface area contributed by atoms with Gasteiger partial charge in [0.15, 0.2) is 0 Å². The lowest BCUT2D eigenvalue weighted by Crippen LogP contribution is -2.35. The number of hydrazine groups is 2. The Morgan fingerprint density at radius 1 is 1.86 bits per heavy atom. The van der Waals surface area contributed by atoms with Crippen LogP contribution < -0.4 is 16.6 Å². The molecule has 0 unspecified atom stereocenters. The molecule has 0 aliphatic carbocycles. The number of hydrogen-bond acceptors (Lipinski definition) is 4. The van der Waals surface area contributed by atoms with Gasteiger partial charge in [0.2, 0.25) is 0 Å². The number of hydrogen-bond donors (Lipinski definition) is 3. The molecule has 0 spiro atoms. The van der Waals surface area contributed by atoms with Gasteiger partial charge in [0, 0.05) is 7.05 Å². The van der Waals surface area contributed by atoms with Gasteiger partial charge in [-0.15, -0.1) is 5.12 Å². The summed E-state index contributed by atoms with van der Waals surface area (Å²) in [4.78, 5) is 0. The Morgan fingerprint density at radius 2 is 2.57 bits per heavy atom. The largest absolute Gasteiger partial charge is 0.383 e. The molecule has 4 N–H and O–H groups in total. The Hall–Kier alpha value is -0.900. The van der Waals surface area contributed by atoms with Crippen molar-refractivity contribution in [3.8, 4) is 0 Å². The van der Waals surface area contributed by atoms with E-state index < -0.39 is 0 Å². The van der Waals surface area contributed by atoms with Crippen LogP contribution in [-0.4, -0.2) is 12.2 Å². The van der Waals surface area contributed by atoms with Crippen molar-refractivity contribution in [2.24, 2.45) is 5.73 Å². The third kappa shape index (κ3) is 0.747. The molecule has 1 aliphatic heterocycles. The SMILES string of the molecule is CN1NC=C(N)N1. The normalized spacial score (nSPS) is 20.4. The smallest absolute Gasteiger partial charge is 0.130 e. The fourth-order valence-corrected chi connectivity index (χ4v) is 0.425. The number of nitrogens with two attached hydrogens (primary N) is 1. The van der Waals surface area contributed by atoms with Crippen LogP contribution in [0.25, 0.3) is 0 Å². The van der Waals surface area contributed by atoms with Crippen LogP contribution in [0.3, 0.4) is 0 Å². The minimum absolute atomic E-state index is 0.641. The Morgan fingerprint density at radius 3 is 2.71 bits per heavy atom. The molecule has 0 bridgehead atoms. The monoisotopic (exact) mass is 100 g/mol. The molecule has 4 nitrogen and oxygen atoms in total. The highest BCUT2D eigenvalue weighted by Gasteiger charge is 1.99. The van der Waals surface area contributed by atoms with Crippen molar-refractivity contribution in [3.63, 3.8) is 0 Å². The molecular formula is C3H8N4. The van der Waals surface area contributed by atoms with E-state index in [4.69, 9.17) is 5.73 Å². The summed E-state index contributed by atoms with van der Waals surface area (Å²) < 4.78 is 0. The van der Waals surface area contributed by atoms with Gasteiger partial charge in [0.1, 0.15) is 5.82 Å². The molecule has 4 heteroatoms. The molecule has 0 amide bonds. The van der Waals surface area contributed by atoms with Crippen LogP contribution in [0.2, 0.25) is 0 Å². The maximum Gasteiger partial charge on any atom is 0.130 e. The molecule has 0 atom stereocenters. The molecule has 7 heavy (non-hydrogen) atoms. The number of rotatable bonds is 0. The van der Waals surface area contributed by atoms with Gasteiger partial charge in [0.25, 0.3) is 0 Å². The van der Waals surface area contributed by atoms with Crippen molar-refractivity contribution in [2.75, 3.05) is 7.05 Å². The second-order valence-corrected chi connectivity index (χ2v) is 1.40. The Bertz CT molecular complexity index is 97.1. The van der Waals surface area contributed by atoms with E-state index in [0.717, 1.165) is 0 Å². The first-order chi connectivity index (χ1) is 3.29. The molecule has 1 heterocycles. The summed E-state index contributed by atoms with van der Waals surface area (Å²) in [5.41, 5.74) is 10.9. The second-order valence-electron chi connectivity index (χ2n) is 1.40. The average Bonchev–Trinajstić information content (AvgIpc) is 1.87. The Labute approximate surface area is 41.9 Å². The Balaban J connectivity index is 2.42. The summed E-state index contributed by atoms with van der Waals surface area (Å²) in [6.07, 6.45) is 1.68. The first-order valence-corrected chi connectivity index (χ1v) is 2.01. The van der Waals surface area contributed by atoms with Gasteiger partial charge in [-0.1, -0.05) is 0 Å². The molecule has 0 aromatic heterocycles. The average molecular weight is 100 g/mol. The summed E-state index contributed by atoms with van der Waals surface area (Å²) in [5.74, 6) is 0.641. The van der Waals surface area contributed by atoms with Crippen molar-refractivity contribution in [3.05, 3.63) is 12.0 Å². The van der Waals surface area contributed by atoms with E-state index in [1.807, 2.05) is 7.05 Å². The van der Waals surface area contributed by atoms with E-state index in [0.29, 0.717) is 5.82 Å². The van der Waals surface area contributed by atoms with Crippen LogP contribution in [0.1, 0.15) is 0 Å². The number of nitrogens with one attached hydrogen (secondary N) is 2. The van der Waals surface area contributed by atoms with Crippen LogP contribution in [0.15, 0.2) is 12.0 Å². The van der Waals surface area contributed by atoms with Gasteiger partial charge in [-0.25, -0.2) is 0 Å². The standard InChI is InChI=1S/C3H8N4/c1-7-5-2-3(4)6-7/h2,5-6H,4H2,1H3. The molecule has 0 saturated heterocycles. The predicted octanol–water partition coefficient (Wildman–Crippen LogP) is -1.30. The maximum atomic E-state index is 5.27. The molecule has 0 radical (unpaired) electrons. The van der Waals surface area contributed by atoms with Crippen LogP contribution in [0.4, 0.5) is 0 Å². The third-order valence-corrected chi connectivity index (χ3v) is 0.711. The lowest BCUT2D eigenvalue weighted by Gasteiger charge is -2.07. The second kappa shape index (κ2) is 1.31. The van der Waals surface area contributed by atoms with Crippen molar-refractivity contribution < 1.29 is 0 Å². The summed E-state index contributed by atoms with van der Waals surface area (Å²) in [6.45, 7) is 0. The van der Waals surface area contributed by atoms with Crippen LogP contribution in [0.5, 0.6) is 0 Å². The highest BCUT2D eigenvalue weighted by Crippen LogP contribution is 1.82. The Kier molecular flexibility index (Phi) is 0.796. The van der Waals surface area contributed by atoms with Gasteiger partial charge >= 0.3 is 0 Å².